The summed E-state index contributed by atoms with van der Waals surface area (Å²) < 4.78 is 0. The van der Waals surface area contributed by atoms with Crippen molar-refractivity contribution in [3.8, 4) is 0 Å². The number of nitrogens with one attached hydrogen (secondary N) is 1. The first kappa shape index (κ1) is 21.5. The van der Waals surface area contributed by atoms with Crippen LogP contribution >= 0.6 is 23.4 Å². The molecule has 0 radical (unpaired) electrons. The maximum absolute atomic E-state index is 13.6. The predicted molar refractivity (Wildman–Crippen MR) is 127 cm³/mol. The summed E-state index contributed by atoms with van der Waals surface area (Å²) in [6.07, 6.45) is 2.43. The number of anilines is 1. The number of benzene rings is 3. The highest BCUT2D eigenvalue weighted by molar-refractivity contribution is 7.98. The van der Waals surface area contributed by atoms with E-state index in [-0.39, 0.29) is 11.8 Å². The topological polar surface area (TPSA) is 49.4 Å². The van der Waals surface area contributed by atoms with Gasteiger partial charge in [0.1, 0.15) is 5.54 Å². The van der Waals surface area contributed by atoms with E-state index in [0.717, 1.165) is 21.7 Å². The third-order valence-corrected chi connectivity index (χ3v) is 6.62. The Morgan fingerprint density at radius 3 is 2.58 bits per heavy atom. The van der Waals surface area contributed by atoms with Crippen LogP contribution in [-0.2, 0) is 17.8 Å². The number of hydrogen-bond donors (Lipinski definition) is 1. The number of hydrogen-bond acceptors (Lipinski definition) is 3. The molecule has 158 valence electrons. The Morgan fingerprint density at radius 1 is 1.10 bits per heavy atom. The van der Waals surface area contributed by atoms with Crippen LogP contribution in [-0.4, -0.2) is 23.6 Å². The summed E-state index contributed by atoms with van der Waals surface area (Å²) >= 11 is 7.56. The molecule has 1 N–H and O–H groups in total. The number of fused-ring (bicyclic) bond motifs is 1. The molecule has 0 fully saturated rings. The van der Waals surface area contributed by atoms with E-state index >= 15 is 0 Å². The van der Waals surface area contributed by atoms with Gasteiger partial charge in [0.05, 0.1) is 0 Å². The number of thioether (sulfide) groups is 1. The van der Waals surface area contributed by atoms with Crippen molar-refractivity contribution in [2.75, 3.05) is 11.2 Å². The molecule has 0 aromatic heterocycles. The first-order valence-electron chi connectivity index (χ1n) is 10.0. The van der Waals surface area contributed by atoms with Gasteiger partial charge in [0.25, 0.3) is 5.91 Å². The summed E-state index contributed by atoms with van der Waals surface area (Å²) in [5.41, 5.74) is 2.12. The summed E-state index contributed by atoms with van der Waals surface area (Å²) in [6.45, 7) is 2.20. The first-order chi connectivity index (χ1) is 14.9. The Labute approximate surface area is 191 Å². The average Bonchev–Trinajstić information content (AvgIpc) is 2.78. The van der Waals surface area contributed by atoms with Crippen molar-refractivity contribution in [3.05, 3.63) is 94.5 Å². The lowest BCUT2D eigenvalue weighted by atomic mass is 9.82. The highest BCUT2D eigenvalue weighted by Gasteiger charge is 2.47. The van der Waals surface area contributed by atoms with Crippen LogP contribution in [0.5, 0.6) is 0 Å². The van der Waals surface area contributed by atoms with Crippen molar-refractivity contribution in [3.63, 3.8) is 0 Å². The van der Waals surface area contributed by atoms with E-state index in [9.17, 15) is 9.59 Å². The van der Waals surface area contributed by atoms with Gasteiger partial charge in [0, 0.05) is 34.1 Å². The second-order valence-electron chi connectivity index (χ2n) is 7.76. The minimum absolute atomic E-state index is 0.163. The van der Waals surface area contributed by atoms with Crippen LogP contribution in [0.1, 0.15) is 28.4 Å². The highest BCUT2D eigenvalue weighted by Crippen LogP contribution is 2.36. The molecule has 3 aromatic rings. The molecule has 1 aliphatic heterocycles. The second kappa shape index (κ2) is 8.77. The third-order valence-electron chi connectivity index (χ3n) is 5.65. The molecule has 4 rings (SSSR count). The largest absolute Gasteiger partial charge is 0.350 e. The van der Waals surface area contributed by atoms with Crippen molar-refractivity contribution in [2.24, 2.45) is 0 Å². The van der Waals surface area contributed by atoms with E-state index < -0.39 is 5.54 Å². The van der Waals surface area contributed by atoms with Gasteiger partial charge in [-0.2, -0.15) is 0 Å². The lowest BCUT2D eigenvalue weighted by Gasteiger charge is -2.44. The monoisotopic (exact) mass is 450 g/mol. The van der Waals surface area contributed by atoms with Gasteiger partial charge in [-0.05, 0) is 60.7 Å². The molecule has 0 bridgehead atoms. The van der Waals surface area contributed by atoms with E-state index in [1.165, 1.54) is 0 Å². The highest BCUT2D eigenvalue weighted by atomic mass is 35.5. The van der Waals surface area contributed by atoms with Crippen LogP contribution in [0, 0.1) is 0 Å². The molecule has 6 heteroatoms. The molecule has 31 heavy (non-hydrogen) atoms. The van der Waals surface area contributed by atoms with Gasteiger partial charge in [-0.25, -0.2) is 0 Å². The number of rotatable bonds is 5. The minimum atomic E-state index is -1.06. The van der Waals surface area contributed by atoms with Crippen LogP contribution < -0.4 is 10.2 Å². The Hall–Kier alpha value is -2.76. The van der Waals surface area contributed by atoms with Gasteiger partial charge in [0.2, 0.25) is 5.91 Å². The number of amides is 2. The third kappa shape index (κ3) is 4.21. The Morgan fingerprint density at radius 2 is 1.84 bits per heavy atom. The lowest BCUT2D eigenvalue weighted by molar-refractivity contribution is -0.126. The van der Waals surface area contributed by atoms with Crippen LogP contribution in [0.25, 0.3) is 0 Å². The molecular weight excluding hydrogens is 428 g/mol. The fourth-order valence-electron chi connectivity index (χ4n) is 3.99. The molecule has 1 atom stereocenters. The minimum Gasteiger partial charge on any atom is -0.350 e. The number of halogens is 1. The van der Waals surface area contributed by atoms with Gasteiger partial charge < -0.3 is 5.32 Å². The normalized spacial score (nSPS) is 17.9. The number of carbonyl (C=O) groups is 2. The number of nitrogens with zero attached hydrogens (tertiary/aromatic N) is 1. The summed E-state index contributed by atoms with van der Waals surface area (Å²) in [7, 11) is 0. The molecule has 4 nitrogen and oxygen atoms in total. The Bertz CT molecular complexity index is 1130. The van der Waals surface area contributed by atoms with Gasteiger partial charge in [0.15, 0.2) is 0 Å². The van der Waals surface area contributed by atoms with E-state index in [4.69, 9.17) is 11.6 Å². The van der Waals surface area contributed by atoms with Crippen molar-refractivity contribution in [2.45, 2.75) is 30.3 Å². The quantitative estimate of drug-likeness (QED) is 0.534. The molecule has 1 aliphatic rings. The van der Waals surface area contributed by atoms with Crippen molar-refractivity contribution in [1.29, 1.82) is 0 Å². The fraction of sp³-hybridized carbons (Fsp3) is 0.200. The second-order valence-corrected chi connectivity index (χ2v) is 9.08. The van der Waals surface area contributed by atoms with E-state index in [1.54, 1.807) is 28.8 Å². The summed E-state index contributed by atoms with van der Waals surface area (Å²) in [6, 6.07) is 22.6. The molecule has 0 aliphatic carbocycles. The van der Waals surface area contributed by atoms with Crippen LogP contribution in [0.3, 0.4) is 0 Å². The van der Waals surface area contributed by atoms with Crippen LogP contribution in [0.2, 0.25) is 5.02 Å². The van der Waals surface area contributed by atoms with E-state index in [0.29, 0.717) is 23.6 Å². The van der Waals surface area contributed by atoms with Gasteiger partial charge in [-0.1, -0.05) is 48.0 Å². The first-order valence-corrected chi connectivity index (χ1v) is 11.6. The molecule has 0 saturated heterocycles. The van der Waals surface area contributed by atoms with Crippen molar-refractivity contribution < 1.29 is 9.59 Å². The summed E-state index contributed by atoms with van der Waals surface area (Å²) in [5, 5.41) is 3.68. The predicted octanol–water partition coefficient (Wildman–Crippen LogP) is 5.34. The van der Waals surface area contributed by atoms with Crippen LogP contribution in [0.15, 0.2) is 77.7 Å². The molecule has 1 heterocycles. The summed E-state index contributed by atoms with van der Waals surface area (Å²) in [5.74, 6) is -0.357. The lowest BCUT2D eigenvalue weighted by Crippen LogP contribution is -2.63. The summed E-state index contributed by atoms with van der Waals surface area (Å²) in [4.78, 5) is 29.8. The fourth-order valence-corrected chi connectivity index (χ4v) is 4.57. The molecule has 0 spiro atoms. The van der Waals surface area contributed by atoms with E-state index in [1.807, 2.05) is 73.8 Å². The average molecular weight is 451 g/mol. The molecular formula is C25H23ClN2O2S. The van der Waals surface area contributed by atoms with Gasteiger partial charge in [-0.15, -0.1) is 11.8 Å². The van der Waals surface area contributed by atoms with Gasteiger partial charge in [-0.3, -0.25) is 14.5 Å². The SMILES string of the molecule is CSc1cccc(N2C(=O)c3ccccc3C[C@@]2(C)C(=O)NCc2ccc(Cl)cc2)c1. The van der Waals surface area contributed by atoms with E-state index in [2.05, 4.69) is 5.32 Å². The zero-order valence-corrected chi connectivity index (χ0v) is 19.0. The molecule has 2 amide bonds. The van der Waals surface area contributed by atoms with Crippen LogP contribution in [0.4, 0.5) is 5.69 Å². The van der Waals surface area contributed by atoms with Gasteiger partial charge >= 0.3 is 0 Å². The zero-order valence-electron chi connectivity index (χ0n) is 17.4. The smallest absolute Gasteiger partial charge is 0.259 e. The van der Waals surface area contributed by atoms with Crippen molar-refractivity contribution in [1.82, 2.24) is 5.32 Å². The Kier molecular flexibility index (Phi) is 6.08. The maximum atomic E-state index is 13.6. The maximum Gasteiger partial charge on any atom is 0.259 e. The standard InChI is InChI=1S/C25H23ClN2O2S/c1-25(24(30)27-16-17-10-12-19(26)13-11-17)15-18-6-3-4-9-22(18)23(29)28(25)20-7-5-8-21(14-20)31-2/h3-14H,15-16H2,1-2H3,(H,27,30)/t25-/m0/s1. The molecule has 0 unspecified atom stereocenters. The Balaban J connectivity index is 1.71. The molecule has 0 saturated carbocycles. The molecule has 3 aromatic carbocycles. The zero-order chi connectivity index (χ0) is 22.0. The number of carbonyl (C=O) groups excluding carboxylic acids is 2. The van der Waals surface area contributed by atoms with Crippen molar-refractivity contribution >= 4 is 40.9 Å².